The SMILES string of the molecule is CCOc1ccccc1-n1c(CNc2ccc(C)cc2)n[nH]c1=S. The van der Waals surface area contributed by atoms with Crippen molar-refractivity contribution in [1.82, 2.24) is 14.8 Å². The maximum absolute atomic E-state index is 5.72. The molecule has 0 amide bonds. The first-order valence-corrected chi connectivity index (χ1v) is 8.29. The lowest BCUT2D eigenvalue weighted by Crippen LogP contribution is -2.09. The summed E-state index contributed by atoms with van der Waals surface area (Å²) in [7, 11) is 0. The molecule has 1 aromatic heterocycles. The number of benzene rings is 2. The van der Waals surface area contributed by atoms with Crippen LogP contribution in [0.3, 0.4) is 0 Å². The van der Waals surface area contributed by atoms with Gasteiger partial charge in [-0.2, -0.15) is 5.10 Å². The molecule has 0 bridgehead atoms. The summed E-state index contributed by atoms with van der Waals surface area (Å²) in [5.41, 5.74) is 3.16. The fraction of sp³-hybridized carbons (Fsp3) is 0.222. The number of aromatic amines is 1. The Morgan fingerprint density at radius 3 is 2.67 bits per heavy atom. The van der Waals surface area contributed by atoms with E-state index in [4.69, 9.17) is 17.0 Å². The summed E-state index contributed by atoms with van der Waals surface area (Å²) in [6.45, 7) is 5.18. The molecule has 0 aliphatic carbocycles. The molecule has 0 radical (unpaired) electrons. The van der Waals surface area contributed by atoms with Gasteiger partial charge < -0.3 is 10.1 Å². The molecule has 24 heavy (non-hydrogen) atoms. The first-order chi connectivity index (χ1) is 11.7. The van der Waals surface area contributed by atoms with Gasteiger partial charge in [0.05, 0.1) is 18.8 Å². The van der Waals surface area contributed by atoms with Crippen molar-refractivity contribution in [3.63, 3.8) is 0 Å². The van der Waals surface area contributed by atoms with E-state index in [0.29, 0.717) is 17.9 Å². The van der Waals surface area contributed by atoms with Crippen LogP contribution in [0.2, 0.25) is 0 Å². The van der Waals surface area contributed by atoms with Gasteiger partial charge >= 0.3 is 0 Å². The molecule has 0 aliphatic heterocycles. The molecule has 0 aliphatic rings. The minimum Gasteiger partial charge on any atom is -0.492 e. The Labute approximate surface area is 146 Å². The predicted molar refractivity (Wildman–Crippen MR) is 98.4 cm³/mol. The number of nitrogens with one attached hydrogen (secondary N) is 2. The van der Waals surface area contributed by atoms with E-state index in [9.17, 15) is 0 Å². The molecular weight excluding hydrogens is 320 g/mol. The molecule has 0 atom stereocenters. The number of aryl methyl sites for hydroxylation is 1. The predicted octanol–water partition coefficient (Wildman–Crippen LogP) is 4.25. The molecule has 2 N–H and O–H groups in total. The van der Waals surface area contributed by atoms with Crippen molar-refractivity contribution in [1.29, 1.82) is 0 Å². The van der Waals surface area contributed by atoms with Crippen LogP contribution in [0.4, 0.5) is 5.69 Å². The number of nitrogens with zero attached hydrogens (tertiary/aromatic N) is 2. The smallest absolute Gasteiger partial charge is 0.200 e. The van der Waals surface area contributed by atoms with E-state index in [1.54, 1.807) is 0 Å². The zero-order chi connectivity index (χ0) is 16.9. The second kappa shape index (κ2) is 7.31. The number of anilines is 1. The average Bonchev–Trinajstić information content (AvgIpc) is 2.96. The normalized spacial score (nSPS) is 10.6. The number of rotatable bonds is 6. The van der Waals surface area contributed by atoms with Crippen LogP contribution >= 0.6 is 12.2 Å². The molecule has 0 spiro atoms. The standard InChI is InChI=1S/C18H20N4OS/c1-3-23-16-7-5-4-6-15(16)22-17(20-21-18(22)24)12-19-14-10-8-13(2)9-11-14/h4-11,19H,3,12H2,1-2H3,(H,21,24). The van der Waals surface area contributed by atoms with Crippen LogP contribution in [0.5, 0.6) is 5.75 Å². The number of ether oxygens (including phenoxy) is 1. The molecule has 0 saturated heterocycles. The van der Waals surface area contributed by atoms with E-state index >= 15 is 0 Å². The number of aromatic nitrogens is 3. The summed E-state index contributed by atoms with van der Waals surface area (Å²) in [6.07, 6.45) is 0. The number of hydrogen-bond acceptors (Lipinski definition) is 4. The van der Waals surface area contributed by atoms with Gasteiger partial charge in [-0.1, -0.05) is 29.8 Å². The summed E-state index contributed by atoms with van der Waals surface area (Å²) in [4.78, 5) is 0. The Kier molecular flexibility index (Phi) is 4.96. The molecule has 1 heterocycles. The minimum atomic E-state index is 0.544. The molecule has 3 rings (SSSR count). The minimum absolute atomic E-state index is 0.544. The van der Waals surface area contributed by atoms with Crippen LogP contribution < -0.4 is 10.1 Å². The third-order valence-corrected chi connectivity index (χ3v) is 3.92. The van der Waals surface area contributed by atoms with Gasteiger partial charge in [0.25, 0.3) is 0 Å². The topological polar surface area (TPSA) is 54.9 Å². The van der Waals surface area contributed by atoms with Crippen molar-refractivity contribution in [3.05, 3.63) is 64.7 Å². The lowest BCUT2D eigenvalue weighted by molar-refractivity contribution is 0.339. The van der Waals surface area contributed by atoms with Gasteiger partial charge in [0, 0.05) is 5.69 Å². The third kappa shape index (κ3) is 3.49. The van der Waals surface area contributed by atoms with E-state index in [1.807, 2.05) is 35.8 Å². The molecule has 5 nitrogen and oxygen atoms in total. The van der Waals surface area contributed by atoms with Crippen molar-refractivity contribution < 1.29 is 4.74 Å². The summed E-state index contributed by atoms with van der Waals surface area (Å²) in [5, 5.41) is 10.6. The largest absolute Gasteiger partial charge is 0.492 e. The monoisotopic (exact) mass is 340 g/mol. The maximum atomic E-state index is 5.72. The van der Waals surface area contributed by atoms with Gasteiger partial charge in [0.1, 0.15) is 5.75 Å². The van der Waals surface area contributed by atoms with Crippen molar-refractivity contribution in [3.8, 4) is 11.4 Å². The van der Waals surface area contributed by atoms with Crippen LogP contribution in [-0.4, -0.2) is 21.4 Å². The van der Waals surface area contributed by atoms with E-state index < -0.39 is 0 Å². The summed E-state index contributed by atoms with van der Waals surface area (Å²) in [6, 6.07) is 16.1. The van der Waals surface area contributed by atoms with Gasteiger partial charge in [-0.05, 0) is 50.3 Å². The Morgan fingerprint density at radius 2 is 1.92 bits per heavy atom. The zero-order valence-electron chi connectivity index (χ0n) is 13.7. The Morgan fingerprint density at radius 1 is 1.17 bits per heavy atom. The summed E-state index contributed by atoms with van der Waals surface area (Å²) in [5.74, 6) is 1.59. The quantitative estimate of drug-likeness (QED) is 0.659. The summed E-state index contributed by atoms with van der Waals surface area (Å²) >= 11 is 5.41. The van der Waals surface area contributed by atoms with Crippen molar-refractivity contribution in [2.45, 2.75) is 20.4 Å². The number of para-hydroxylation sites is 2. The van der Waals surface area contributed by atoms with Crippen LogP contribution in [-0.2, 0) is 6.54 Å². The number of H-pyrrole nitrogens is 1. The fourth-order valence-corrected chi connectivity index (χ4v) is 2.72. The van der Waals surface area contributed by atoms with E-state index in [0.717, 1.165) is 22.9 Å². The highest BCUT2D eigenvalue weighted by atomic mass is 32.1. The molecule has 124 valence electrons. The first-order valence-electron chi connectivity index (χ1n) is 7.88. The molecule has 6 heteroatoms. The second-order valence-corrected chi connectivity index (χ2v) is 5.79. The van der Waals surface area contributed by atoms with Crippen LogP contribution in [0, 0.1) is 11.7 Å². The van der Waals surface area contributed by atoms with Crippen LogP contribution in [0.15, 0.2) is 48.5 Å². The van der Waals surface area contributed by atoms with Crippen molar-refractivity contribution in [2.24, 2.45) is 0 Å². The summed E-state index contributed by atoms with van der Waals surface area (Å²) < 4.78 is 8.17. The van der Waals surface area contributed by atoms with E-state index in [-0.39, 0.29) is 0 Å². The van der Waals surface area contributed by atoms with Gasteiger partial charge in [-0.25, -0.2) is 0 Å². The molecule has 0 saturated carbocycles. The highest BCUT2D eigenvalue weighted by Crippen LogP contribution is 2.24. The van der Waals surface area contributed by atoms with Gasteiger partial charge in [-0.15, -0.1) is 0 Å². The van der Waals surface area contributed by atoms with Crippen LogP contribution in [0.1, 0.15) is 18.3 Å². The van der Waals surface area contributed by atoms with Gasteiger partial charge in [-0.3, -0.25) is 9.67 Å². The first kappa shape index (κ1) is 16.3. The fourth-order valence-electron chi connectivity index (χ4n) is 2.47. The highest BCUT2D eigenvalue weighted by Gasteiger charge is 2.12. The zero-order valence-corrected chi connectivity index (χ0v) is 14.6. The molecular formula is C18H20N4OS. The van der Waals surface area contributed by atoms with Crippen LogP contribution in [0.25, 0.3) is 5.69 Å². The molecule has 0 unspecified atom stereocenters. The molecule has 3 aromatic rings. The maximum Gasteiger partial charge on any atom is 0.200 e. The van der Waals surface area contributed by atoms with Gasteiger partial charge in [0.15, 0.2) is 10.6 Å². The van der Waals surface area contributed by atoms with Crippen molar-refractivity contribution in [2.75, 3.05) is 11.9 Å². The Hall–Kier alpha value is -2.60. The molecule has 0 fully saturated rings. The Balaban J connectivity index is 1.89. The lowest BCUT2D eigenvalue weighted by Gasteiger charge is -2.13. The second-order valence-electron chi connectivity index (χ2n) is 5.40. The average molecular weight is 340 g/mol. The Bertz CT molecular complexity index is 867. The number of hydrogen-bond donors (Lipinski definition) is 2. The third-order valence-electron chi connectivity index (χ3n) is 3.65. The van der Waals surface area contributed by atoms with E-state index in [1.165, 1.54) is 5.56 Å². The molecule has 2 aromatic carbocycles. The van der Waals surface area contributed by atoms with Crippen molar-refractivity contribution >= 4 is 17.9 Å². The van der Waals surface area contributed by atoms with E-state index in [2.05, 4.69) is 46.7 Å². The highest BCUT2D eigenvalue weighted by molar-refractivity contribution is 7.71. The van der Waals surface area contributed by atoms with Gasteiger partial charge in [0.2, 0.25) is 0 Å². The lowest BCUT2D eigenvalue weighted by atomic mass is 10.2.